The molecule has 0 heterocycles. The Hall–Kier alpha value is -0.950. The second-order valence-corrected chi connectivity index (χ2v) is 2.49. The summed E-state index contributed by atoms with van der Waals surface area (Å²) < 4.78 is 1.56. The molecule has 0 saturated heterocycles. The van der Waals surface area contributed by atoms with Crippen molar-refractivity contribution in [1.29, 1.82) is 0 Å². The van der Waals surface area contributed by atoms with E-state index < -0.39 is 0 Å². The summed E-state index contributed by atoms with van der Waals surface area (Å²) in [6.07, 6.45) is 3.69. The van der Waals surface area contributed by atoms with Gasteiger partial charge in [-0.25, -0.2) is 0 Å². The van der Waals surface area contributed by atoms with E-state index in [2.05, 4.69) is 0 Å². The fourth-order valence-corrected chi connectivity index (χ4v) is 1.01. The van der Waals surface area contributed by atoms with Gasteiger partial charge in [-0.05, 0) is 19.1 Å². The number of hydrogen-bond donors (Lipinski definition) is 0. The lowest BCUT2D eigenvalue weighted by atomic mass is 10.3. The summed E-state index contributed by atoms with van der Waals surface area (Å²) >= 11 is 5.85. The molecule has 0 bridgehead atoms. The minimum absolute atomic E-state index is 0.979. The van der Waals surface area contributed by atoms with Crippen molar-refractivity contribution in [2.45, 2.75) is 6.92 Å². The maximum atomic E-state index is 5.85. The Labute approximate surface area is 72.0 Å². The molecule has 0 aromatic heterocycles. The van der Waals surface area contributed by atoms with E-state index in [1.807, 2.05) is 43.3 Å². The van der Waals surface area contributed by atoms with Crippen molar-refractivity contribution in [3.05, 3.63) is 42.6 Å². The minimum Gasteiger partial charge on any atom is -0.261 e. The molecule has 1 nitrogen and oxygen atoms in total. The van der Waals surface area contributed by atoms with Crippen molar-refractivity contribution in [1.82, 2.24) is 0 Å². The van der Waals surface area contributed by atoms with Crippen LogP contribution < -0.4 is 4.42 Å². The normalized spacial score (nSPS) is 10.4. The molecule has 58 valence electrons. The molecule has 0 N–H and O–H groups in total. The molecule has 1 aromatic carbocycles. The number of nitrogens with zero attached hydrogens (tertiary/aromatic N) is 1. The SMILES string of the molecule is CC=CN(Cl)c1ccccc1. The summed E-state index contributed by atoms with van der Waals surface area (Å²) in [4.78, 5) is 0. The first-order chi connectivity index (χ1) is 5.34. The number of halogens is 1. The zero-order valence-electron chi connectivity index (χ0n) is 6.37. The molecule has 1 rings (SSSR count). The fourth-order valence-electron chi connectivity index (χ4n) is 0.787. The summed E-state index contributed by atoms with van der Waals surface area (Å²) in [7, 11) is 0. The lowest BCUT2D eigenvalue weighted by Crippen LogP contribution is -1.97. The Morgan fingerprint density at radius 1 is 1.27 bits per heavy atom. The van der Waals surface area contributed by atoms with Gasteiger partial charge in [-0.2, -0.15) is 0 Å². The van der Waals surface area contributed by atoms with Crippen molar-refractivity contribution in [3.63, 3.8) is 0 Å². The van der Waals surface area contributed by atoms with E-state index in [9.17, 15) is 0 Å². The number of rotatable bonds is 2. The summed E-state index contributed by atoms with van der Waals surface area (Å²) in [5.41, 5.74) is 0.979. The van der Waals surface area contributed by atoms with Crippen molar-refractivity contribution in [3.8, 4) is 0 Å². The van der Waals surface area contributed by atoms with Crippen LogP contribution in [-0.4, -0.2) is 0 Å². The Kier molecular flexibility index (Phi) is 2.99. The third-order valence-electron chi connectivity index (χ3n) is 1.28. The van der Waals surface area contributed by atoms with Gasteiger partial charge in [0.2, 0.25) is 0 Å². The zero-order valence-corrected chi connectivity index (χ0v) is 7.12. The Morgan fingerprint density at radius 2 is 1.91 bits per heavy atom. The molecule has 0 fully saturated rings. The number of benzene rings is 1. The first-order valence-electron chi connectivity index (χ1n) is 3.47. The van der Waals surface area contributed by atoms with Crippen LogP contribution in [0.1, 0.15) is 6.92 Å². The average molecular weight is 168 g/mol. The molecule has 0 unspecified atom stereocenters. The number of allylic oxidation sites excluding steroid dienone is 1. The molecule has 11 heavy (non-hydrogen) atoms. The van der Waals surface area contributed by atoms with Gasteiger partial charge >= 0.3 is 0 Å². The molecule has 0 aliphatic heterocycles. The quantitative estimate of drug-likeness (QED) is 0.612. The monoisotopic (exact) mass is 167 g/mol. The second-order valence-electron chi connectivity index (χ2n) is 2.13. The second kappa shape index (κ2) is 4.04. The van der Waals surface area contributed by atoms with Gasteiger partial charge in [0.15, 0.2) is 0 Å². The maximum Gasteiger partial charge on any atom is 0.0574 e. The van der Waals surface area contributed by atoms with E-state index in [1.165, 1.54) is 0 Å². The van der Waals surface area contributed by atoms with E-state index >= 15 is 0 Å². The lowest BCUT2D eigenvalue weighted by molar-refractivity contribution is 1.41. The number of para-hydroxylation sites is 1. The van der Waals surface area contributed by atoms with Crippen LogP contribution in [0.25, 0.3) is 0 Å². The highest BCUT2D eigenvalue weighted by Crippen LogP contribution is 2.15. The van der Waals surface area contributed by atoms with Gasteiger partial charge in [-0.3, -0.25) is 4.42 Å². The topological polar surface area (TPSA) is 3.24 Å². The van der Waals surface area contributed by atoms with Crippen molar-refractivity contribution in [2.24, 2.45) is 0 Å². The molecule has 1 aromatic rings. The summed E-state index contributed by atoms with van der Waals surface area (Å²) in [6, 6.07) is 9.77. The third-order valence-corrected chi connectivity index (χ3v) is 1.59. The molecule has 2 heteroatoms. The number of anilines is 1. The van der Waals surface area contributed by atoms with E-state index in [0.29, 0.717) is 0 Å². The average Bonchev–Trinajstić information content (AvgIpc) is 2.07. The predicted octanol–water partition coefficient (Wildman–Crippen LogP) is 3.18. The highest BCUT2D eigenvalue weighted by Gasteiger charge is 1.94. The van der Waals surface area contributed by atoms with E-state index in [0.717, 1.165) is 5.69 Å². The Morgan fingerprint density at radius 3 is 2.45 bits per heavy atom. The molecule has 0 amide bonds. The maximum absolute atomic E-state index is 5.85. The van der Waals surface area contributed by atoms with Gasteiger partial charge in [-0.15, -0.1) is 0 Å². The first-order valence-corrected chi connectivity index (χ1v) is 3.81. The van der Waals surface area contributed by atoms with Gasteiger partial charge in [0, 0.05) is 18.0 Å². The van der Waals surface area contributed by atoms with E-state index in [4.69, 9.17) is 11.8 Å². The van der Waals surface area contributed by atoms with Crippen LogP contribution in [0.5, 0.6) is 0 Å². The summed E-state index contributed by atoms with van der Waals surface area (Å²) in [5, 5.41) is 0. The smallest absolute Gasteiger partial charge is 0.0574 e. The summed E-state index contributed by atoms with van der Waals surface area (Å²) in [6.45, 7) is 1.93. The van der Waals surface area contributed by atoms with E-state index in [1.54, 1.807) is 10.6 Å². The Balaban J connectivity index is 2.76. The summed E-state index contributed by atoms with van der Waals surface area (Å²) in [5.74, 6) is 0. The zero-order chi connectivity index (χ0) is 8.10. The molecule has 0 saturated carbocycles. The van der Waals surface area contributed by atoms with Gasteiger partial charge in [0.05, 0.1) is 5.69 Å². The number of hydrogen-bond acceptors (Lipinski definition) is 1. The molecular weight excluding hydrogens is 158 g/mol. The standard InChI is InChI=1S/C9H10ClN/c1-2-8-11(10)9-6-4-3-5-7-9/h2-8H,1H3. The molecule has 0 spiro atoms. The fraction of sp³-hybridized carbons (Fsp3) is 0.111. The third kappa shape index (κ3) is 2.28. The van der Waals surface area contributed by atoms with Crippen LogP contribution in [0.2, 0.25) is 0 Å². The molecule has 0 atom stereocenters. The van der Waals surface area contributed by atoms with Crippen LogP contribution >= 0.6 is 11.8 Å². The van der Waals surface area contributed by atoms with Gasteiger partial charge in [0.1, 0.15) is 0 Å². The van der Waals surface area contributed by atoms with Gasteiger partial charge in [0.25, 0.3) is 0 Å². The largest absolute Gasteiger partial charge is 0.261 e. The van der Waals surface area contributed by atoms with Crippen LogP contribution in [-0.2, 0) is 0 Å². The van der Waals surface area contributed by atoms with Gasteiger partial charge in [-0.1, -0.05) is 24.3 Å². The highest BCUT2D eigenvalue weighted by molar-refractivity contribution is 6.26. The minimum atomic E-state index is 0.979. The first kappa shape index (κ1) is 8.15. The van der Waals surface area contributed by atoms with Gasteiger partial charge < -0.3 is 0 Å². The Bertz CT molecular complexity index is 231. The van der Waals surface area contributed by atoms with Crippen LogP contribution in [0.4, 0.5) is 5.69 Å². The molecule has 0 radical (unpaired) electrons. The molecular formula is C9H10ClN. The van der Waals surface area contributed by atoms with Crippen molar-refractivity contribution < 1.29 is 0 Å². The van der Waals surface area contributed by atoms with Crippen LogP contribution in [0.3, 0.4) is 0 Å². The lowest BCUT2D eigenvalue weighted by Gasteiger charge is -2.08. The van der Waals surface area contributed by atoms with Crippen molar-refractivity contribution >= 4 is 17.5 Å². The van der Waals surface area contributed by atoms with Crippen molar-refractivity contribution in [2.75, 3.05) is 4.42 Å². The predicted molar refractivity (Wildman–Crippen MR) is 49.6 cm³/mol. The van der Waals surface area contributed by atoms with Crippen LogP contribution in [0.15, 0.2) is 42.6 Å². The highest BCUT2D eigenvalue weighted by atomic mass is 35.5. The molecule has 0 aliphatic rings. The van der Waals surface area contributed by atoms with Crippen LogP contribution in [0, 0.1) is 0 Å². The molecule has 0 aliphatic carbocycles. The van der Waals surface area contributed by atoms with E-state index in [-0.39, 0.29) is 0 Å².